The van der Waals surface area contributed by atoms with Crippen molar-refractivity contribution in [3.63, 3.8) is 0 Å². The predicted octanol–water partition coefficient (Wildman–Crippen LogP) is 1.43. The molecule has 1 amide bonds. The second-order valence-corrected chi connectivity index (χ2v) is 5.09. The van der Waals surface area contributed by atoms with E-state index in [1.165, 1.54) is 0 Å². The molecule has 1 aliphatic heterocycles. The topological polar surface area (TPSA) is 83.9 Å². The zero-order chi connectivity index (χ0) is 15.0. The van der Waals surface area contributed by atoms with Crippen LogP contribution in [-0.2, 0) is 19.1 Å². The highest BCUT2D eigenvalue weighted by molar-refractivity contribution is 5.81. The van der Waals surface area contributed by atoms with E-state index in [1.54, 1.807) is 11.8 Å². The largest absolute Gasteiger partial charge is 0.481 e. The fraction of sp³-hybridized carbons (Fsp3) is 0.786. The van der Waals surface area contributed by atoms with E-state index in [4.69, 9.17) is 9.84 Å². The van der Waals surface area contributed by atoms with Crippen molar-refractivity contribution in [1.29, 1.82) is 0 Å². The molecule has 0 radical (unpaired) electrons. The molecule has 1 N–H and O–H groups in total. The quantitative estimate of drug-likeness (QED) is 0.715. The number of nitrogens with zero attached hydrogens (tertiary/aromatic N) is 1. The highest BCUT2D eigenvalue weighted by atomic mass is 16.5. The van der Waals surface area contributed by atoms with Crippen molar-refractivity contribution in [3.05, 3.63) is 0 Å². The number of amides is 1. The fourth-order valence-electron chi connectivity index (χ4n) is 2.46. The Bertz CT molecular complexity index is 355. The van der Waals surface area contributed by atoms with Gasteiger partial charge in [0.2, 0.25) is 5.91 Å². The van der Waals surface area contributed by atoms with Crippen LogP contribution in [-0.4, -0.2) is 47.5 Å². The van der Waals surface area contributed by atoms with Crippen molar-refractivity contribution in [2.24, 2.45) is 5.92 Å². The van der Waals surface area contributed by atoms with Gasteiger partial charge >= 0.3 is 11.9 Å². The maximum absolute atomic E-state index is 12.0. The summed E-state index contributed by atoms with van der Waals surface area (Å²) in [5, 5.41) is 8.68. The Hall–Kier alpha value is -1.59. The summed E-state index contributed by atoms with van der Waals surface area (Å²) in [6, 6.07) is 0. The molecular weight excluding hydrogens is 262 g/mol. The van der Waals surface area contributed by atoms with E-state index in [0.29, 0.717) is 26.1 Å². The van der Waals surface area contributed by atoms with Crippen LogP contribution >= 0.6 is 0 Å². The smallest absolute Gasteiger partial charge is 0.306 e. The van der Waals surface area contributed by atoms with Crippen LogP contribution < -0.4 is 0 Å². The zero-order valence-electron chi connectivity index (χ0n) is 12.0. The van der Waals surface area contributed by atoms with Crippen molar-refractivity contribution >= 4 is 17.8 Å². The molecule has 1 fully saturated rings. The Balaban J connectivity index is 2.32. The summed E-state index contributed by atoms with van der Waals surface area (Å²) in [5.41, 5.74) is 0. The number of carboxylic acids is 1. The Kier molecular flexibility index (Phi) is 7.04. The number of likely N-dealkylation sites (tertiary alicyclic amines) is 1. The third-order valence-corrected chi connectivity index (χ3v) is 3.49. The van der Waals surface area contributed by atoms with E-state index >= 15 is 0 Å². The molecule has 0 aromatic carbocycles. The van der Waals surface area contributed by atoms with Crippen LogP contribution in [0.2, 0.25) is 0 Å². The average molecular weight is 285 g/mol. The maximum Gasteiger partial charge on any atom is 0.306 e. The van der Waals surface area contributed by atoms with Crippen LogP contribution in [0.4, 0.5) is 0 Å². The Morgan fingerprint density at radius 2 is 2.00 bits per heavy atom. The number of esters is 1. The van der Waals surface area contributed by atoms with E-state index in [1.807, 2.05) is 0 Å². The minimum atomic E-state index is -0.796. The summed E-state index contributed by atoms with van der Waals surface area (Å²) >= 11 is 0. The van der Waals surface area contributed by atoms with Gasteiger partial charge in [-0.25, -0.2) is 0 Å². The van der Waals surface area contributed by atoms with E-state index in [-0.39, 0.29) is 37.1 Å². The standard InChI is InChI=1S/C14H23NO5/c1-2-20-14(19)8-6-12(16)15-9-3-4-11(10-15)5-7-13(17)18/h11H,2-10H2,1H3,(H,17,18). The molecule has 1 atom stereocenters. The summed E-state index contributed by atoms with van der Waals surface area (Å²) in [6.45, 7) is 3.37. The number of hydrogen-bond donors (Lipinski definition) is 1. The second kappa shape index (κ2) is 8.55. The van der Waals surface area contributed by atoms with Gasteiger partial charge in [0.25, 0.3) is 0 Å². The van der Waals surface area contributed by atoms with Gasteiger partial charge in [-0.3, -0.25) is 14.4 Å². The summed E-state index contributed by atoms with van der Waals surface area (Å²) in [4.78, 5) is 35.5. The number of carboxylic acid groups (broad SMARTS) is 1. The molecule has 114 valence electrons. The lowest BCUT2D eigenvalue weighted by Gasteiger charge is -2.32. The molecular formula is C14H23NO5. The lowest BCUT2D eigenvalue weighted by atomic mass is 9.93. The molecule has 1 aliphatic rings. The van der Waals surface area contributed by atoms with Gasteiger partial charge in [-0.05, 0) is 32.1 Å². The molecule has 6 nitrogen and oxygen atoms in total. The Morgan fingerprint density at radius 3 is 2.65 bits per heavy atom. The average Bonchev–Trinajstić information content (AvgIpc) is 2.43. The SMILES string of the molecule is CCOC(=O)CCC(=O)N1CCCC(CCC(=O)O)C1. The van der Waals surface area contributed by atoms with Crippen LogP contribution in [0, 0.1) is 5.92 Å². The number of ether oxygens (including phenoxy) is 1. The molecule has 1 rings (SSSR count). The molecule has 1 heterocycles. The molecule has 20 heavy (non-hydrogen) atoms. The minimum Gasteiger partial charge on any atom is -0.481 e. The van der Waals surface area contributed by atoms with Gasteiger partial charge in [-0.15, -0.1) is 0 Å². The minimum absolute atomic E-state index is 0.0434. The van der Waals surface area contributed by atoms with Gasteiger partial charge in [0.1, 0.15) is 0 Å². The van der Waals surface area contributed by atoms with E-state index in [2.05, 4.69) is 0 Å². The van der Waals surface area contributed by atoms with E-state index < -0.39 is 5.97 Å². The summed E-state index contributed by atoms with van der Waals surface area (Å²) in [5.74, 6) is -0.930. The van der Waals surface area contributed by atoms with Gasteiger partial charge < -0.3 is 14.7 Å². The van der Waals surface area contributed by atoms with Gasteiger partial charge in [0.05, 0.1) is 13.0 Å². The monoisotopic (exact) mass is 285 g/mol. The number of rotatable bonds is 7. The third kappa shape index (κ3) is 6.04. The summed E-state index contributed by atoms with van der Waals surface area (Å²) < 4.78 is 4.79. The normalized spacial score (nSPS) is 18.6. The molecule has 0 aromatic heterocycles. The molecule has 1 unspecified atom stereocenters. The number of hydrogen-bond acceptors (Lipinski definition) is 4. The third-order valence-electron chi connectivity index (χ3n) is 3.49. The Labute approximate surface area is 119 Å². The molecule has 0 aromatic rings. The van der Waals surface area contributed by atoms with Crippen LogP contribution in [0.5, 0.6) is 0 Å². The zero-order valence-corrected chi connectivity index (χ0v) is 12.0. The van der Waals surface area contributed by atoms with Gasteiger partial charge in [0.15, 0.2) is 0 Å². The molecule has 0 saturated carbocycles. The number of carbonyl (C=O) groups is 3. The van der Waals surface area contributed by atoms with E-state index in [9.17, 15) is 14.4 Å². The maximum atomic E-state index is 12.0. The Morgan fingerprint density at radius 1 is 1.25 bits per heavy atom. The second-order valence-electron chi connectivity index (χ2n) is 5.09. The van der Waals surface area contributed by atoms with Crippen LogP contribution in [0.15, 0.2) is 0 Å². The first kappa shape index (κ1) is 16.5. The molecule has 0 spiro atoms. The first-order chi connectivity index (χ1) is 9.52. The highest BCUT2D eigenvalue weighted by Gasteiger charge is 2.24. The summed E-state index contributed by atoms with van der Waals surface area (Å²) in [7, 11) is 0. The van der Waals surface area contributed by atoms with E-state index in [0.717, 1.165) is 12.8 Å². The van der Waals surface area contributed by atoms with Crippen LogP contribution in [0.3, 0.4) is 0 Å². The van der Waals surface area contributed by atoms with Crippen molar-refractivity contribution in [3.8, 4) is 0 Å². The first-order valence-electron chi connectivity index (χ1n) is 7.18. The molecule has 0 bridgehead atoms. The molecule has 0 aliphatic carbocycles. The number of carbonyl (C=O) groups excluding carboxylic acids is 2. The number of aliphatic carboxylic acids is 1. The van der Waals surface area contributed by atoms with Gasteiger partial charge in [-0.2, -0.15) is 0 Å². The lowest BCUT2D eigenvalue weighted by Crippen LogP contribution is -2.40. The lowest BCUT2D eigenvalue weighted by molar-refractivity contribution is -0.146. The van der Waals surface area contributed by atoms with Gasteiger partial charge in [0, 0.05) is 25.9 Å². The molecule has 6 heteroatoms. The first-order valence-corrected chi connectivity index (χ1v) is 7.18. The van der Waals surface area contributed by atoms with Crippen LogP contribution in [0.25, 0.3) is 0 Å². The molecule has 1 saturated heterocycles. The highest BCUT2D eigenvalue weighted by Crippen LogP contribution is 2.21. The van der Waals surface area contributed by atoms with Crippen molar-refractivity contribution in [1.82, 2.24) is 4.90 Å². The number of piperidine rings is 1. The predicted molar refractivity (Wildman–Crippen MR) is 72.0 cm³/mol. The van der Waals surface area contributed by atoms with Crippen LogP contribution in [0.1, 0.15) is 45.4 Å². The van der Waals surface area contributed by atoms with Crippen molar-refractivity contribution in [2.75, 3.05) is 19.7 Å². The summed E-state index contributed by atoms with van der Waals surface area (Å²) in [6.07, 6.45) is 2.91. The van der Waals surface area contributed by atoms with Crippen molar-refractivity contribution in [2.45, 2.75) is 45.4 Å². The van der Waals surface area contributed by atoms with Gasteiger partial charge in [-0.1, -0.05) is 0 Å². The van der Waals surface area contributed by atoms with Crippen molar-refractivity contribution < 1.29 is 24.2 Å². The fourth-order valence-corrected chi connectivity index (χ4v) is 2.46.